The number of hydrogen-bond donors (Lipinski definition) is 0. The van der Waals surface area contributed by atoms with E-state index in [9.17, 15) is 0 Å². The molecule has 0 amide bonds. The Morgan fingerprint density at radius 1 is 0.667 bits per heavy atom. The molecule has 260 valence electrons. The van der Waals surface area contributed by atoms with Crippen LogP contribution in [-0.2, 0) is 38.4 Å². The summed E-state index contributed by atoms with van der Waals surface area (Å²) in [5, 5.41) is 2.40. The summed E-state index contributed by atoms with van der Waals surface area (Å²) >= 11 is 1.69. The van der Waals surface area contributed by atoms with E-state index in [-0.39, 0.29) is 31.9 Å². The summed E-state index contributed by atoms with van der Waals surface area (Å²) in [6, 6.07) is 48.8. The number of hydrogen-bond acceptors (Lipinski definition) is 4. The molecule has 8 rings (SSSR count). The van der Waals surface area contributed by atoms with Crippen molar-refractivity contribution in [3.8, 4) is 5.82 Å². The molecule has 3 heterocycles. The van der Waals surface area contributed by atoms with Crippen molar-refractivity contribution < 1.29 is 21.1 Å². The fraction of sp³-hybridized carbons (Fsp3) is 0.200. The Bertz CT molecular complexity index is 2350. The molecule has 0 unspecified atom stereocenters. The van der Waals surface area contributed by atoms with Crippen LogP contribution in [0.15, 0.2) is 131 Å². The molecule has 1 aliphatic rings. The van der Waals surface area contributed by atoms with E-state index in [1.807, 2.05) is 6.20 Å². The SMILES string of the molecule is CC(C)(C)c1ccnc(-n2c3[c-]c(Sc4[c-]c(N5[CH-]N(Cc6ccccc6)c6ccccc65)ccc4)ccc3c3cc(C(C)(C)C)ccc32)c1.[Pt]. The smallest absolute Gasteiger partial charge is 0.135 e. The number of nitrogens with zero attached hydrogens (tertiary/aromatic N) is 4. The molecular formula is C45H41N4PtS-3. The zero-order valence-corrected chi connectivity index (χ0v) is 32.9. The average Bonchev–Trinajstić information content (AvgIpc) is 3.63. The van der Waals surface area contributed by atoms with Crippen LogP contribution in [0.4, 0.5) is 17.1 Å². The van der Waals surface area contributed by atoms with E-state index in [0.717, 1.165) is 44.6 Å². The molecule has 0 saturated carbocycles. The Labute approximate surface area is 320 Å². The van der Waals surface area contributed by atoms with E-state index < -0.39 is 0 Å². The van der Waals surface area contributed by atoms with Gasteiger partial charge in [0.2, 0.25) is 0 Å². The Morgan fingerprint density at radius 2 is 1.37 bits per heavy atom. The quantitative estimate of drug-likeness (QED) is 0.155. The van der Waals surface area contributed by atoms with Gasteiger partial charge in [-0.3, -0.25) is 0 Å². The topological polar surface area (TPSA) is 24.3 Å². The van der Waals surface area contributed by atoms with Gasteiger partial charge in [0.15, 0.2) is 0 Å². The van der Waals surface area contributed by atoms with E-state index in [2.05, 4.69) is 190 Å². The summed E-state index contributed by atoms with van der Waals surface area (Å²) < 4.78 is 2.29. The molecule has 0 spiro atoms. The van der Waals surface area contributed by atoms with Crippen molar-refractivity contribution in [1.29, 1.82) is 0 Å². The van der Waals surface area contributed by atoms with Gasteiger partial charge in [-0.2, -0.15) is 30.9 Å². The van der Waals surface area contributed by atoms with Crippen LogP contribution in [0.5, 0.6) is 0 Å². The van der Waals surface area contributed by atoms with Gasteiger partial charge in [0, 0.05) is 50.7 Å². The average molecular weight is 865 g/mol. The third-order valence-corrected chi connectivity index (χ3v) is 10.4. The van der Waals surface area contributed by atoms with Crippen molar-refractivity contribution in [3.63, 3.8) is 0 Å². The van der Waals surface area contributed by atoms with Crippen molar-refractivity contribution in [1.82, 2.24) is 9.55 Å². The molecule has 1 aliphatic heterocycles. The maximum Gasteiger partial charge on any atom is 0.135 e. The van der Waals surface area contributed by atoms with Gasteiger partial charge in [0.1, 0.15) is 5.82 Å². The fourth-order valence-electron chi connectivity index (χ4n) is 6.72. The molecule has 0 N–H and O–H groups in total. The number of aromatic nitrogens is 2. The maximum atomic E-state index is 4.90. The normalized spacial score (nSPS) is 13.1. The summed E-state index contributed by atoms with van der Waals surface area (Å²) in [6.07, 6.45) is 1.94. The van der Waals surface area contributed by atoms with E-state index in [0.29, 0.717) is 0 Å². The molecule has 5 aromatic carbocycles. The van der Waals surface area contributed by atoms with Gasteiger partial charge >= 0.3 is 0 Å². The first-order valence-electron chi connectivity index (χ1n) is 17.2. The molecule has 0 saturated heterocycles. The number of fused-ring (bicyclic) bond motifs is 4. The first-order chi connectivity index (χ1) is 24.0. The Kier molecular flexibility index (Phi) is 9.41. The Balaban J connectivity index is 0.00000406. The second-order valence-electron chi connectivity index (χ2n) is 15.1. The summed E-state index contributed by atoms with van der Waals surface area (Å²) in [7, 11) is 0. The van der Waals surface area contributed by atoms with Gasteiger partial charge in [0.25, 0.3) is 0 Å². The van der Waals surface area contributed by atoms with E-state index >= 15 is 0 Å². The molecule has 4 nitrogen and oxygen atoms in total. The van der Waals surface area contributed by atoms with Crippen LogP contribution in [0.1, 0.15) is 58.2 Å². The minimum atomic E-state index is 0. The molecule has 6 heteroatoms. The largest absolute Gasteiger partial charge is 0.498 e. The summed E-state index contributed by atoms with van der Waals surface area (Å²) in [6.45, 7) is 16.6. The number of anilines is 3. The van der Waals surface area contributed by atoms with Crippen LogP contribution in [0.3, 0.4) is 0 Å². The Morgan fingerprint density at radius 3 is 2.14 bits per heavy atom. The van der Waals surface area contributed by atoms with Crippen LogP contribution in [-0.4, -0.2) is 9.55 Å². The van der Waals surface area contributed by atoms with Crippen molar-refractivity contribution in [2.75, 3.05) is 9.80 Å². The predicted octanol–water partition coefficient (Wildman–Crippen LogP) is 11.8. The standard InChI is InChI=1S/C45H41N4S.Pt/c1-44(2,3)32-19-22-39-38(25-32)37-21-20-36(28-42(37)49(39)43-26-33(23-24-46-43)45(4,5)6)50-35-16-12-15-34(27-35)48-30-47(29-31-13-8-7-9-14-31)40-17-10-11-18-41(40)48;/h7-26,30H,29H2,1-6H3;/q-3;. The third-order valence-electron chi connectivity index (χ3n) is 9.49. The van der Waals surface area contributed by atoms with Crippen molar-refractivity contribution >= 4 is 50.6 Å². The zero-order chi connectivity index (χ0) is 34.6. The van der Waals surface area contributed by atoms with Gasteiger partial charge < -0.3 is 14.4 Å². The first kappa shape index (κ1) is 35.1. The fourth-order valence-corrected chi connectivity index (χ4v) is 7.55. The van der Waals surface area contributed by atoms with Gasteiger partial charge in [-0.05, 0) is 63.2 Å². The third kappa shape index (κ3) is 6.87. The molecule has 7 aromatic rings. The van der Waals surface area contributed by atoms with Crippen molar-refractivity contribution in [2.24, 2.45) is 0 Å². The van der Waals surface area contributed by atoms with Gasteiger partial charge in [-0.25, -0.2) is 4.98 Å². The molecule has 51 heavy (non-hydrogen) atoms. The first-order valence-corrected chi connectivity index (χ1v) is 18.1. The maximum absolute atomic E-state index is 4.90. The van der Waals surface area contributed by atoms with Gasteiger partial charge in [-0.15, -0.1) is 50.8 Å². The predicted molar refractivity (Wildman–Crippen MR) is 210 cm³/mol. The van der Waals surface area contributed by atoms with Gasteiger partial charge in [0.05, 0.1) is 0 Å². The molecular weight excluding hydrogens is 824 g/mol. The number of pyridine rings is 1. The minimum Gasteiger partial charge on any atom is -0.498 e. The number of para-hydroxylation sites is 2. The summed E-state index contributed by atoms with van der Waals surface area (Å²) in [5.41, 5.74) is 9.40. The van der Waals surface area contributed by atoms with Crippen LogP contribution in [0, 0.1) is 18.8 Å². The molecule has 0 bridgehead atoms. The molecule has 2 aromatic heterocycles. The number of rotatable bonds is 6. The molecule has 0 radical (unpaired) electrons. The number of benzene rings is 5. The molecule has 0 aliphatic carbocycles. The molecule has 0 fully saturated rings. The second-order valence-corrected chi connectivity index (χ2v) is 16.2. The Hall–Kier alpha value is -4.31. The van der Waals surface area contributed by atoms with Crippen LogP contribution >= 0.6 is 11.8 Å². The summed E-state index contributed by atoms with van der Waals surface area (Å²) in [5.74, 6) is 0.913. The molecule has 0 atom stereocenters. The monoisotopic (exact) mass is 864 g/mol. The van der Waals surface area contributed by atoms with Crippen LogP contribution in [0.2, 0.25) is 0 Å². The second kappa shape index (κ2) is 13.7. The summed E-state index contributed by atoms with van der Waals surface area (Å²) in [4.78, 5) is 11.5. The van der Waals surface area contributed by atoms with Crippen LogP contribution < -0.4 is 9.80 Å². The van der Waals surface area contributed by atoms with Crippen molar-refractivity contribution in [2.45, 2.75) is 68.7 Å². The minimum absolute atomic E-state index is 0. The van der Waals surface area contributed by atoms with Gasteiger partial charge in [-0.1, -0.05) is 102 Å². The van der Waals surface area contributed by atoms with E-state index in [1.54, 1.807) is 11.8 Å². The van der Waals surface area contributed by atoms with Crippen molar-refractivity contribution in [3.05, 3.63) is 157 Å². The zero-order valence-electron chi connectivity index (χ0n) is 29.8. The van der Waals surface area contributed by atoms with Crippen LogP contribution in [0.25, 0.3) is 27.6 Å². The van der Waals surface area contributed by atoms with E-state index in [4.69, 9.17) is 4.98 Å². The van der Waals surface area contributed by atoms with E-state index in [1.165, 1.54) is 33.2 Å².